The largest absolute Gasteiger partial charge is 0.379 e. The van der Waals surface area contributed by atoms with Gasteiger partial charge in [-0.1, -0.05) is 29.3 Å². The summed E-state index contributed by atoms with van der Waals surface area (Å²) in [6.45, 7) is 1.91. The highest BCUT2D eigenvalue weighted by atomic mass is 35.5. The monoisotopic (exact) mass is 330 g/mol. The Bertz CT molecular complexity index is 626. The number of hydrogen-bond acceptors (Lipinski definition) is 4. The molecule has 2 unspecified atom stereocenters. The lowest BCUT2D eigenvalue weighted by Crippen LogP contribution is -2.07. The van der Waals surface area contributed by atoms with Gasteiger partial charge in [0, 0.05) is 5.02 Å². The number of hydrogen-bond donors (Lipinski definition) is 0. The van der Waals surface area contributed by atoms with Gasteiger partial charge in [0.05, 0.1) is 4.90 Å². The molecule has 106 valence electrons. The van der Waals surface area contributed by atoms with Crippen molar-refractivity contribution in [3.8, 4) is 5.75 Å². The van der Waals surface area contributed by atoms with Crippen LogP contribution in [0.25, 0.3) is 0 Å². The van der Waals surface area contributed by atoms with Crippen molar-refractivity contribution in [2.24, 2.45) is 0 Å². The Balaban J connectivity index is 1.95. The van der Waals surface area contributed by atoms with Crippen LogP contribution in [-0.4, -0.2) is 8.42 Å². The van der Waals surface area contributed by atoms with Crippen LogP contribution in [0, 0.1) is 6.92 Å². The normalized spacial score (nSPS) is 13.7. The van der Waals surface area contributed by atoms with Crippen LogP contribution in [0.4, 0.5) is 0 Å². The average molecular weight is 331 g/mol. The summed E-state index contributed by atoms with van der Waals surface area (Å²) in [7, 11) is 0. The minimum Gasteiger partial charge on any atom is -0.379 e. The molecule has 0 saturated heterocycles. The van der Waals surface area contributed by atoms with Gasteiger partial charge in [-0.2, -0.15) is 7.84 Å². The predicted octanol–water partition coefficient (Wildman–Crippen LogP) is 3.35. The number of benzene rings is 2. The molecule has 0 aromatic heterocycles. The Morgan fingerprint density at radius 1 is 0.950 bits per heavy atom. The van der Waals surface area contributed by atoms with E-state index < -0.39 is 22.4 Å². The van der Waals surface area contributed by atoms with Gasteiger partial charge < -0.3 is 4.18 Å². The molecule has 0 N–H and O–H groups in total. The Morgan fingerprint density at radius 3 is 2.15 bits per heavy atom. The maximum Gasteiger partial charge on any atom is 0.374 e. The van der Waals surface area contributed by atoms with E-state index in [9.17, 15) is 8.42 Å². The van der Waals surface area contributed by atoms with Crippen LogP contribution < -0.4 is 4.18 Å². The quantitative estimate of drug-likeness (QED) is 0.843. The molecule has 0 bridgehead atoms. The first-order chi connectivity index (χ1) is 9.54. The second kappa shape index (κ2) is 6.99. The Kier molecular flexibility index (Phi) is 5.31. The lowest BCUT2D eigenvalue weighted by Gasteiger charge is -2.04. The molecule has 0 saturated carbocycles. The fraction of sp³-hybridized carbons (Fsp3) is 0.0769. The first-order valence-electron chi connectivity index (χ1n) is 5.57. The molecule has 2 aromatic carbocycles. The molecule has 0 aliphatic heterocycles. The van der Waals surface area contributed by atoms with E-state index in [0.29, 0.717) is 15.7 Å². The summed E-state index contributed by atoms with van der Waals surface area (Å²) >= 11 is 1.71. The fourth-order valence-electron chi connectivity index (χ4n) is 1.32. The molecule has 0 spiro atoms. The van der Waals surface area contributed by atoms with Gasteiger partial charge in [-0.3, -0.25) is 0 Å². The van der Waals surface area contributed by atoms with Gasteiger partial charge in [0.2, 0.25) is 11.1 Å². The van der Waals surface area contributed by atoms with Crippen LogP contribution in [0.3, 0.4) is 0 Å². The van der Waals surface area contributed by atoms with Crippen LogP contribution in [0.5, 0.6) is 5.75 Å². The van der Waals surface area contributed by atoms with Crippen molar-refractivity contribution in [3.63, 3.8) is 0 Å². The molecule has 0 radical (unpaired) electrons. The molecule has 2 atom stereocenters. The van der Waals surface area contributed by atoms with Crippen molar-refractivity contribution in [2.45, 2.75) is 11.8 Å². The molecule has 0 amide bonds. The van der Waals surface area contributed by atoms with Crippen LogP contribution in [-0.2, 0) is 26.1 Å². The van der Waals surface area contributed by atoms with E-state index in [4.69, 9.17) is 19.4 Å². The zero-order valence-electron chi connectivity index (χ0n) is 10.4. The van der Waals surface area contributed by atoms with Crippen molar-refractivity contribution >= 4 is 34.0 Å². The SMILES string of the molecule is Cc1ccc(S(=O)OS(=O)Oc2ccc(Cl)cc2)cc1. The van der Waals surface area contributed by atoms with Crippen molar-refractivity contribution in [1.29, 1.82) is 0 Å². The number of halogens is 1. The third-order valence-electron chi connectivity index (χ3n) is 2.31. The molecular formula is C13H11ClO4S2. The van der Waals surface area contributed by atoms with Crippen molar-refractivity contribution < 1.29 is 16.2 Å². The molecular weight excluding hydrogens is 320 g/mol. The Hall–Kier alpha value is -1.21. The lowest BCUT2D eigenvalue weighted by atomic mass is 10.2. The van der Waals surface area contributed by atoms with Gasteiger partial charge in [-0.05, 0) is 43.3 Å². The van der Waals surface area contributed by atoms with Gasteiger partial charge in [0.25, 0.3) is 0 Å². The molecule has 7 heteroatoms. The topological polar surface area (TPSA) is 52.6 Å². The van der Waals surface area contributed by atoms with Gasteiger partial charge in [-0.25, -0.2) is 4.21 Å². The van der Waals surface area contributed by atoms with E-state index in [1.165, 1.54) is 0 Å². The van der Waals surface area contributed by atoms with Gasteiger partial charge >= 0.3 is 11.4 Å². The average Bonchev–Trinajstić information content (AvgIpc) is 2.42. The van der Waals surface area contributed by atoms with E-state index in [2.05, 4.69) is 0 Å². The van der Waals surface area contributed by atoms with Gasteiger partial charge in [0.15, 0.2) is 0 Å². The zero-order chi connectivity index (χ0) is 14.5. The number of aryl methyl sites for hydroxylation is 1. The second-order valence-corrected chi connectivity index (χ2v) is 6.35. The smallest absolute Gasteiger partial charge is 0.374 e. The Morgan fingerprint density at radius 2 is 1.55 bits per heavy atom. The van der Waals surface area contributed by atoms with Crippen molar-refractivity contribution in [3.05, 3.63) is 59.1 Å². The first-order valence-corrected chi connectivity index (χ1v) is 8.03. The lowest BCUT2D eigenvalue weighted by molar-refractivity contribution is 0.473. The maximum absolute atomic E-state index is 11.8. The highest BCUT2D eigenvalue weighted by Gasteiger charge is 2.12. The van der Waals surface area contributed by atoms with E-state index >= 15 is 0 Å². The molecule has 2 aromatic rings. The minimum absolute atomic E-state index is 0.314. The Labute approximate surface area is 127 Å². The van der Waals surface area contributed by atoms with Crippen LogP contribution in [0.2, 0.25) is 5.02 Å². The van der Waals surface area contributed by atoms with Crippen LogP contribution in [0.15, 0.2) is 53.4 Å². The maximum atomic E-state index is 11.8. The molecule has 20 heavy (non-hydrogen) atoms. The summed E-state index contributed by atoms with van der Waals surface area (Å²) in [5, 5.41) is 0.535. The number of rotatable bonds is 5. The summed E-state index contributed by atoms with van der Waals surface area (Å²) in [6, 6.07) is 13.1. The highest BCUT2D eigenvalue weighted by Crippen LogP contribution is 2.18. The molecule has 0 aliphatic rings. The highest BCUT2D eigenvalue weighted by molar-refractivity contribution is 7.91. The molecule has 0 heterocycles. The summed E-state index contributed by atoms with van der Waals surface area (Å²) in [5.41, 5.74) is 1.03. The summed E-state index contributed by atoms with van der Waals surface area (Å²) in [4.78, 5) is 0.420. The minimum atomic E-state index is -2.16. The fourth-order valence-corrected chi connectivity index (χ4v) is 2.90. The standard InChI is InChI=1S/C13H11ClO4S2/c1-10-2-8-13(9-3-10)19(15)18-20(16)17-12-6-4-11(14)5-7-12/h2-9H,1H3. The van der Waals surface area contributed by atoms with Crippen molar-refractivity contribution in [1.82, 2.24) is 0 Å². The summed E-state index contributed by atoms with van der Waals surface area (Å²) in [6.07, 6.45) is 0. The van der Waals surface area contributed by atoms with E-state index in [1.54, 1.807) is 48.5 Å². The van der Waals surface area contributed by atoms with Gasteiger partial charge in [-0.15, -0.1) is 0 Å². The predicted molar refractivity (Wildman–Crippen MR) is 78.9 cm³/mol. The van der Waals surface area contributed by atoms with E-state index in [-0.39, 0.29) is 0 Å². The van der Waals surface area contributed by atoms with Crippen LogP contribution >= 0.6 is 11.6 Å². The first kappa shape index (κ1) is 15.2. The van der Waals surface area contributed by atoms with E-state index in [1.807, 2.05) is 6.92 Å². The van der Waals surface area contributed by atoms with Crippen molar-refractivity contribution in [2.75, 3.05) is 0 Å². The third-order valence-corrected chi connectivity index (χ3v) is 4.49. The zero-order valence-corrected chi connectivity index (χ0v) is 12.8. The molecule has 2 rings (SSSR count). The molecule has 0 fully saturated rings. The third kappa shape index (κ3) is 4.42. The molecule has 0 aliphatic carbocycles. The second-order valence-electron chi connectivity index (χ2n) is 3.86. The van der Waals surface area contributed by atoms with Gasteiger partial charge in [0.1, 0.15) is 5.75 Å². The molecule has 4 nitrogen and oxygen atoms in total. The van der Waals surface area contributed by atoms with E-state index in [0.717, 1.165) is 5.56 Å². The van der Waals surface area contributed by atoms with Crippen LogP contribution in [0.1, 0.15) is 5.56 Å². The summed E-state index contributed by atoms with van der Waals surface area (Å²) < 4.78 is 33.2. The summed E-state index contributed by atoms with van der Waals surface area (Å²) in [5.74, 6) is 0.314.